The molecule has 0 amide bonds. The van der Waals surface area contributed by atoms with Gasteiger partial charge in [-0.05, 0) is 88.0 Å². The summed E-state index contributed by atoms with van der Waals surface area (Å²) < 4.78 is 7.55. The zero-order valence-electron chi connectivity index (χ0n) is 30.9. The van der Waals surface area contributed by atoms with Crippen molar-refractivity contribution in [2.24, 2.45) is 0 Å². The summed E-state index contributed by atoms with van der Waals surface area (Å²) in [6.07, 6.45) is 0. The van der Waals surface area contributed by atoms with Crippen molar-refractivity contribution in [1.29, 1.82) is 0 Å². The highest BCUT2D eigenvalue weighted by atomic mass is 32.1. The standard InChI is InChI=1S/C54H34N2S/c1-2-12-35(13-3-1)39-14-10-15-41(32-39)56-50-22-8-5-17-44(50)48-33-51-47(34-52(48)56)43-16-4-7-21-49(43)55(51)40-30-28-37(29-31-40)36-24-26-38(27-25-36)42-19-11-20-46-45-18-6-9-23-53(45)57-54(42)46/h1-34H. The van der Waals surface area contributed by atoms with Crippen LogP contribution in [0.5, 0.6) is 0 Å². The molecule has 9 aromatic carbocycles. The van der Waals surface area contributed by atoms with E-state index < -0.39 is 0 Å². The van der Waals surface area contributed by atoms with Crippen molar-refractivity contribution in [3.8, 4) is 44.8 Å². The molecule has 0 fully saturated rings. The van der Waals surface area contributed by atoms with Crippen LogP contribution in [0.1, 0.15) is 0 Å². The van der Waals surface area contributed by atoms with E-state index >= 15 is 0 Å². The van der Waals surface area contributed by atoms with Crippen LogP contribution in [0, 0.1) is 0 Å². The lowest BCUT2D eigenvalue weighted by Crippen LogP contribution is -1.95. The van der Waals surface area contributed by atoms with Crippen LogP contribution in [0.4, 0.5) is 0 Å². The highest BCUT2D eigenvalue weighted by molar-refractivity contribution is 7.26. The lowest BCUT2D eigenvalue weighted by atomic mass is 9.99. The Bertz CT molecular complexity index is 3490. The van der Waals surface area contributed by atoms with E-state index in [2.05, 4.69) is 215 Å². The highest BCUT2D eigenvalue weighted by Crippen LogP contribution is 2.42. The highest BCUT2D eigenvalue weighted by Gasteiger charge is 2.19. The molecule has 0 saturated heterocycles. The van der Waals surface area contributed by atoms with Gasteiger partial charge in [-0.1, -0.05) is 152 Å². The third-order valence-electron chi connectivity index (χ3n) is 11.7. The summed E-state index contributed by atoms with van der Waals surface area (Å²) in [5.41, 5.74) is 14.5. The lowest BCUT2D eigenvalue weighted by molar-refractivity contribution is 1.17. The first-order chi connectivity index (χ1) is 28.3. The van der Waals surface area contributed by atoms with Gasteiger partial charge in [-0.2, -0.15) is 0 Å². The Labute approximate surface area is 333 Å². The Kier molecular flexibility index (Phi) is 7.13. The topological polar surface area (TPSA) is 9.86 Å². The zero-order valence-corrected chi connectivity index (χ0v) is 31.7. The fourth-order valence-corrected chi connectivity index (χ4v) is 10.3. The fraction of sp³-hybridized carbons (Fsp3) is 0. The van der Waals surface area contributed by atoms with E-state index in [1.54, 1.807) is 0 Å². The van der Waals surface area contributed by atoms with Gasteiger partial charge in [0.1, 0.15) is 0 Å². The first-order valence-electron chi connectivity index (χ1n) is 19.5. The summed E-state index contributed by atoms with van der Waals surface area (Å²) in [5, 5.41) is 7.65. The molecule has 266 valence electrons. The molecule has 2 nitrogen and oxygen atoms in total. The van der Waals surface area contributed by atoms with Crippen LogP contribution in [0.25, 0.3) is 109 Å². The third kappa shape index (κ3) is 5.03. The molecule has 0 spiro atoms. The van der Waals surface area contributed by atoms with Gasteiger partial charge in [-0.3, -0.25) is 0 Å². The summed E-state index contributed by atoms with van der Waals surface area (Å²) in [6.45, 7) is 0. The zero-order chi connectivity index (χ0) is 37.5. The van der Waals surface area contributed by atoms with Crippen LogP contribution in [-0.4, -0.2) is 9.13 Å². The minimum atomic E-state index is 1.15. The van der Waals surface area contributed by atoms with Crippen LogP contribution >= 0.6 is 11.3 Å². The van der Waals surface area contributed by atoms with E-state index in [9.17, 15) is 0 Å². The van der Waals surface area contributed by atoms with Crippen molar-refractivity contribution < 1.29 is 0 Å². The van der Waals surface area contributed by atoms with E-state index in [1.807, 2.05) is 11.3 Å². The van der Waals surface area contributed by atoms with Crippen LogP contribution in [0.15, 0.2) is 206 Å². The summed E-state index contributed by atoms with van der Waals surface area (Å²) >= 11 is 1.88. The van der Waals surface area contributed by atoms with Crippen molar-refractivity contribution in [2.45, 2.75) is 0 Å². The maximum Gasteiger partial charge on any atom is 0.0548 e. The van der Waals surface area contributed by atoms with Crippen LogP contribution < -0.4 is 0 Å². The number of nitrogens with zero attached hydrogens (tertiary/aromatic N) is 2. The van der Waals surface area contributed by atoms with Gasteiger partial charge in [0.05, 0.1) is 22.1 Å². The first kappa shape index (κ1) is 32.1. The number of para-hydroxylation sites is 2. The number of fused-ring (bicyclic) bond motifs is 9. The largest absolute Gasteiger partial charge is 0.309 e. The molecule has 0 aliphatic rings. The number of hydrogen-bond donors (Lipinski definition) is 0. The minimum Gasteiger partial charge on any atom is -0.309 e. The Hall–Kier alpha value is -7.20. The molecule has 0 aliphatic heterocycles. The van der Waals surface area contributed by atoms with Gasteiger partial charge < -0.3 is 9.13 Å². The predicted octanol–water partition coefficient (Wildman–Crippen LogP) is 15.2. The van der Waals surface area contributed by atoms with Gasteiger partial charge in [0, 0.05) is 53.1 Å². The van der Waals surface area contributed by atoms with Gasteiger partial charge in [-0.25, -0.2) is 0 Å². The van der Waals surface area contributed by atoms with E-state index in [0.717, 1.165) is 11.4 Å². The second kappa shape index (κ2) is 12.7. The van der Waals surface area contributed by atoms with Gasteiger partial charge in [-0.15, -0.1) is 11.3 Å². The van der Waals surface area contributed by atoms with E-state index in [4.69, 9.17) is 0 Å². The number of benzene rings is 9. The summed E-state index contributed by atoms with van der Waals surface area (Å²) in [6, 6.07) is 75.6. The monoisotopic (exact) mass is 742 g/mol. The van der Waals surface area contributed by atoms with Crippen molar-refractivity contribution in [1.82, 2.24) is 9.13 Å². The van der Waals surface area contributed by atoms with E-state index in [-0.39, 0.29) is 0 Å². The minimum absolute atomic E-state index is 1.15. The molecule has 0 saturated carbocycles. The SMILES string of the molecule is c1ccc(-c2cccc(-n3c4ccccc4c4cc5c(cc43)c3ccccc3n5-c3ccc(-c4ccc(-c5cccc6c5sc5ccccc56)cc4)cc3)c2)cc1. The quantitative estimate of drug-likeness (QED) is 0.166. The molecule has 0 N–H and O–H groups in total. The van der Waals surface area contributed by atoms with Crippen molar-refractivity contribution in [2.75, 3.05) is 0 Å². The first-order valence-corrected chi connectivity index (χ1v) is 20.3. The molecule has 0 aliphatic carbocycles. The summed E-state index contributed by atoms with van der Waals surface area (Å²) in [5.74, 6) is 0. The average Bonchev–Trinajstić information content (AvgIpc) is 3.93. The van der Waals surface area contributed by atoms with E-state index in [0.29, 0.717) is 0 Å². The molecule has 0 bridgehead atoms. The van der Waals surface area contributed by atoms with Gasteiger partial charge in [0.15, 0.2) is 0 Å². The molecule has 3 heteroatoms. The molecular weight excluding hydrogens is 709 g/mol. The average molecular weight is 743 g/mol. The molecule has 12 aromatic rings. The Morgan fingerprint density at radius 3 is 1.49 bits per heavy atom. The van der Waals surface area contributed by atoms with Crippen molar-refractivity contribution in [3.63, 3.8) is 0 Å². The van der Waals surface area contributed by atoms with Gasteiger partial charge >= 0.3 is 0 Å². The number of rotatable bonds is 5. The molecule has 12 rings (SSSR count). The Morgan fingerprint density at radius 2 is 0.789 bits per heavy atom. The normalized spacial score (nSPS) is 11.9. The van der Waals surface area contributed by atoms with Gasteiger partial charge in [0.2, 0.25) is 0 Å². The number of aromatic nitrogens is 2. The van der Waals surface area contributed by atoms with E-state index in [1.165, 1.54) is 97.2 Å². The molecule has 0 radical (unpaired) electrons. The molecule has 0 unspecified atom stereocenters. The van der Waals surface area contributed by atoms with Crippen LogP contribution in [0.2, 0.25) is 0 Å². The Balaban J connectivity index is 0.963. The summed E-state index contributed by atoms with van der Waals surface area (Å²) in [4.78, 5) is 0. The number of hydrogen-bond acceptors (Lipinski definition) is 1. The number of thiophene rings is 1. The smallest absolute Gasteiger partial charge is 0.0548 e. The second-order valence-electron chi connectivity index (χ2n) is 14.9. The van der Waals surface area contributed by atoms with Crippen LogP contribution in [-0.2, 0) is 0 Å². The molecular formula is C54H34N2S. The molecule has 3 aromatic heterocycles. The second-order valence-corrected chi connectivity index (χ2v) is 16.0. The molecule has 3 heterocycles. The third-order valence-corrected chi connectivity index (χ3v) is 13.0. The van der Waals surface area contributed by atoms with Crippen LogP contribution in [0.3, 0.4) is 0 Å². The molecule has 57 heavy (non-hydrogen) atoms. The fourth-order valence-electron chi connectivity index (χ4n) is 9.06. The molecule has 0 atom stereocenters. The maximum atomic E-state index is 2.44. The van der Waals surface area contributed by atoms with Gasteiger partial charge in [0.25, 0.3) is 0 Å². The lowest BCUT2D eigenvalue weighted by Gasteiger charge is -2.11. The maximum absolute atomic E-state index is 2.44. The van der Waals surface area contributed by atoms with Crippen molar-refractivity contribution in [3.05, 3.63) is 206 Å². The predicted molar refractivity (Wildman–Crippen MR) is 244 cm³/mol. The Morgan fingerprint density at radius 1 is 0.281 bits per heavy atom. The van der Waals surface area contributed by atoms with Crippen molar-refractivity contribution >= 4 is 75.1 Å². The summed E-state index contributed by atoms with van der Waals surface area (Å²) in [7, 11) is 0.